The van der Waals surface area contributed by atoms with Gasteiger partial charge in [0.15, 0.2) is 0 Å². The Morgan fingerprint density at radius 2 is 2.27 bits per heavy atom. The third-order valence-electron chi connectivity index (χ3n) is 3.20. The van der Waals surface area contributed by atoms with Gasteiger partial charge >= 0.3 is 0 Å². The first-order chi connectivity index (χ1) is 5.17. The van der Waals surface area contributed by atoms with Crippen LogP contribution in [0.2, 0.25) is 0 Å². The lowest BCUT2D eigenvalue weighted by Gasteiger charge is -2.38. The summed E-state index contributed by atoms with van der Waals surface area (Å²) < 4.78 is 0. The summed E-state index contributed by atoms with van der Waals surface area (Å²) in [5.41, 5.74) is 5.76. The Bertz CT molecular complexity index is 198. The zero-order valence-corrected chi connectivity index (χ0v) is 6.84. The number of likely N-dealkylation sites (tertiary alicyclic amines) is 1. The van der Waals surface area contributed by atoms with Crippen LogP contribution < -0.4 is 5.73 Å². The fourth-order valence-electron chi connectivity index (χ4n) is 2.23. The van der Waals surface area contributed by atoms with Gasteiger partial charge in [-0.1, -0.05) is 6.42 Å². The summed E-state index contributed by atoms with van der Waals surface area (Å²) >= 11 is 0. The molecule has 0 aromatic heterocycles. The molecule has 11 heavy (non-hydrogen) atoms. The molecule has 1 unspecified atom stereocenters. The Hall–Kier alpha value is -0.570. The third kappa shape index (κ3) is 0.692. The molecule has 3 nitrogen and oxygen atoms in total. The van der Waals surface area contributed by atoms with Crippen molar-refractivity contribution in [2.75, 3.05) is 13.6 Å². The van der Waals surface area contributed by atoms with Gasteiger partial charge in [-0.3, -0.25) is 4.79 Å². The summed E-state index contributed by atoms with van der Waals surface area (Å²) in [7, 11) is 1.84. The molecule has 2 fully saturated rings. The highest BCUT2D eigenvalue weighted by molar-refractivity contribution is 5.86. The number of hydrogen-bond donors (Lipinski definition) is 1. The van der Waals surface area contributed by atoms with Crippen LogP contribution in [0, 0.1) is 5.41 Å². The Labute approximate surface area is 66.5 Å². The molecule has 1 aliphatic heterocycles. The minimum absolute atomic E-state index is 0.0914. The average molecular weight is 154 g/mol. The van der Waals surface area contributed by atoms with Gasteiger partial charge in [-0.25, -0.2) is 0 Å². The van der Waals surface area contributed by atoms with Crippen molar-refractivity contribution in [2.45, 2.75) is 25.3 Å². The number of carbonyl (C=O) groups excluding carboxylic acids is 1. The predicted octanol–water partition coefficient (Wildman–Crippen LogP) is -0.0440. The smallest absolute Gasteiger partial charge is 0.230 e. The number of nitrogens with two attached hydrogens (primary N) is 1. The van der Waals surface area contributed by atoms with Gasteiger partial charge in [0, 0.05) is 19.6 Å². The fraction of sp³-hybridized carbons (Fsp3) is 0.875. The SMILES string of the molecule is CN1CC(N)C2(CCC2)C1=O. The Morgan fingerprint density at radius 3 is 2.45 bits per heavy atom. The highest BCUT2D eigenvalue weighted by atomic mass is 16.2. The second-order valence-electron chi connectivity index (χ2n) is 3.80. The third-order valence-corrected chi connectivity index (χ3v) is 3.20. The summed E-state index contributed by atoms with van der Waals surface area (Å²) in [6.07, 6.45) is 3.20. The van der Waals surface area contributed by atoms with Crippen LogP contribution in [0.15, 0.2) is 0 Å². The molecule has 2 N–H and O–H groups in total. The van der Waals surface area contributed by atoms with Crippen molar-refractivity contribution in [1.29, 1.82) is 0 Å². The minimum Gasteiger partial charge on any atom is -0.344 e. The first-order valence-corrected chi connectivity index (χ1v) is 4.18. The predicted molar refractivity (Wildman–Crippen MR) is 41.9 cm³/mol. The lowest BCUT2D eigenvalue weighted by Crippen LogP contribution is -2.48. The van der Waals surface area contributed by atoms with E-state index in [1.54, 1.807) is 4.90 Å². The standard InChI is InChI=1S/C8H14N2O/c1-10-5-6(9)8(7(10)11)3-2-4-8/h6H,2-5,9H2,1H3. The van der Waals surface area contributed by atoms with Crippen LogP contribution in [0.4, 0.5) is 0 Å². The second kappa shape index (κ2) is 1.97. The largest absolute Gasteiger partial charge is 0.344 e. The molecule has 1 spiro atoms. The van der Waals surface area contributed by atoms with Crippen molar-refractivity contribution in [3.8, 4) is 0 Å². The molecule has 1 saturated heterocycles. The molecular formula is C8H14N2O. The summed E-state index contributed by atoms with van der Waals surface area (Å²) in [5.74, 6) is 0.274. The van der Waals surface area contributed by atoms with Crippen LogP contribution in [0.5, 0.6) is 0 Å². The summed E-state index contributed by atoms with van der Waals surface area (Å²) in [6.45, 7) is 0.749. The fourth-order valence-corrected chi connectivity index (χ4v) is 2.23. The van der Waals surface area contributed by atoms with Crippen LogP contribution >= 0.6 is 0 Å². The molecule has 0 bridgehead atoms. The lowest BCUT2D eigenvalue weighted by atomic mass is 9.65. The Kier molecular flexibility index (Phi) is 1.27. The summed E-state index contributed by atoms with van der Waals surface area (Å²) in [5, 5.41) is 0. The maximum absolute atomic E-state index is 11.6. The molecule has 0 aromatic rings. The van der Waals surface area contributed by atoms with Crippen molar-refractivity contribution in [3.05, 3.63) is 0 Å². The van der Waals surface area contributed by atoms with Crippen molar-refractivity contribution >= 4 is 5.91 Å². The van der Waals surface area contributed by atoms with Gasteiger partial charge in [0.2, 0.25) is 5.91 Å². The van der Waals surface area contributed by atoms with Crippen molar-refractivity contribution in [2.24, 2.45) is 11.1 Å². The van der Waals surface area contributed by atoms with Gasteiger partial charge in [0.1, 0.15) is 0 Å². The van der Waals surface area contributed by atoms with E-state index in [0.29, 0.717) is 0 Å². The summed E-state index contributed by atoms with van der Waals surface area (Å²) in [4.78, 5) is 13.3. The van der Waals surface area contributed by atoms with Crippen LogP contribution in [0.1, 0.15) is 19.3 Å². The highest BCUT2D eigenvalue weighted by Gasteiger charge is 2.54. The monoisotopic (exact) mass is 154 g/mol. The number of carbonyl (C=O) groups is 1. The van der Waals surface area contributed by atoms with Crippen LogP contribution in [0.25, 0.3) is 0 Å². The molecule has 2 aliphatic rings. The van der Waals surface area contributed by atoms with Gasteiger partial charge in [-0.15, -0.1) is 0 Å². The molecule has 0 aromatic carbocycles. The van der Waals surface area contributed by atoms with Gasteiger partial charge in [0.25, 0.3) is 0 Å². The quantitative estimate of drug-likeness (QED) is 0.532. The molecule has 1 amide bonds. The highest BCUT2D eigenvalue weighted by Crippen LogP contribution is 2.47. The number of likely N-dealkylation sites (N-methyl/N-ethyl adjacent to an activating group) is 1. The van der Waals surface area contributed by atoms with Crippen LogP contribution in [-0.2, 0) is 4.79 Å². The summed E-state index contributed by atoms with van der Waals surface area (Å²) in [6, 6.07) is 0.0914. The van der Waals surface area contributed by atoms with Gasteiger partial charge in [0.05, 0.1) is 5.41 Å². The van der Waals surface area contributed by atoms with E-state index in [1.165, 1.54) is 6.42 Å². The maximum atomic E-state index is 11.6. The van der Waals surface area contributed by atoms with E-state index in [1.807, 2.05) is 7.05 Å². The van der Waals surface area contributed by atoms with Crippen molar-refractivity contribution < 1.29 is 4.79 Å². The molecule has 1 saturated carbocycles. The molecule has 1 aliphatic carbocycles. The zero-order valence-electron chi connectivity index (χ0n) is 6.84. The van der Waals surface area contributed by atoms with Crippen molar-refractivity contribution in [3.63, 3.8) is 0 Å². The van der Waals surface area contributed by atoms with Crippen molar-refractivity contribution in [1.82, 2.24) is 4.90 Å². The molecule has 1 heterocycles. The average Bonchev–Trinajstić information content (AvgIpc) is 2.03. The van der Waals surface area contributed by atoms with Gasteiger partial charge in [-0.2, -0.15) is 0 Å². The topological polar surface area (TPSA) is 46.3 Å². The normalized spacial score (nSPS) is 34.5. The molecule has 1 atom stereocenters. The number of rotatable bonds is 0. The molecule has 62 valence electrons. The minimum atomic E-state index is -0.130. The van der Waals surface area contributed by atoms with Crippen LogP contribution in [0.3, 0.4) is 0 Å². The lowest BCUT2D eigenvalue weighted by molar-refractivity contribution is -0.139. The van der Waals surface area contributed by atoms with E-state index < -0.39 is 0 Å². The molecule has 3 heteroatoms. The second-order valence-corrected chi connectivity index (χ2v) is 3.80. The van der Waals surface area contributed by atoms with E-state index in [2.05, 4.69) is 0 Å². The Balaban J connectivity index is 2.25. The number of nitrogens with zero attached hydrogens (tertiary/aromatic N) is 1. The first kappa shape index (κ1) is 7.10. The van der Waals surface area contributed by atoms with Crippen LogP contribution in [-0.4, -0.2) is 30.4 Å². The number of amides is 1. The zero-order chi connectivity index (χ0) is 8.06. The van der Waals surface area contributed by atoms with E-state index in [4.69, 9.17) is 5.73 Å². The Morgan fingerprint density at radius 1 is 1.64 bits per heavy atom. The van der Waals surface area contributed by atoms with Gasteiger partial charge in [-0.05, 0) is 12.8 Å². The van der Waals surface area contributed by atoms with E-state index >= 15 is 0 Å². The van der Waals surface area contributed by atoms with E-state index in [9.17, 15) is 4.79 Å². The molecule has 2 rings (SSSR count). The first-order valence-electron chi connectivity index (χ1n) is 4.18. The maximum Gasteiger partial charge on any atom is 0.230 e. The van der Waals surface area contributed by atoms with E-state index in [-0.39, 0.29) is 17.4 Å². The number of hydrogen-bond acceptors (Lipinski definition) is 2. The molecule has 0 radical (unpaired) electrons. The van der Waals surface area contributed by atoms with E-state index in [0.717, 1.165) is 19.4 Å². The van der Waals surface area contributed by atoms with Gasteiger partial charge < -0.3 is 10.6 Å². The molecular weight excluding hydrogens is 140 g/mol.